The summed E-state index contributed by atoms with van der Waals surface area (Å²) in [6.07, 6.45) is -5.32. The van der Waals surface area contributed by atoms with Crippen LogP contribution < -0.4 is 4.74 Å². The second-order valence-corrected chi connectivity index (χ2v) is 8.85. The Morgan fingerprint density at radius 2 is 1.83 bits per heavy atom. The van der Waals surface area contributed by atoms with Crippen molar-refractivity contribution in [3.8, 4) is 11.5 Å². The first-order valence-electron chi connectivity index (χ1n) is 12.0. The van der Waals surface area contributed by atoms with Crippen LogP contribution in [0.5, 0.6) is 11.5 Å². The highest BCUT2D eigenvalue weighted by molar-refractivity contribution is 6.01. The van der Waals surface area contributed by atoms with Crippen LogP contribution in [0.4, 0.5) is 4.39 Å². The maximum absolute atomic E-state index is 14.0. The molecule has 1 aliphatic heterocycles. The molecule has 0 bridgehead atoms. The Morgan fingerprint density at radius 3 is 2.53 bits per heavy atom. The third-order valence-electron chi connectivity index (χ3n) is 5.70. The molecular weight excluding hydrogens is 471 g/mol. The second-order valence-electron chi connectivity index (χ2n) is 8.85. The minimum atomic E-state index is -2.01. The summed E-state index contributed by atoms with van der Waals surface area (Å²) in [7, 11) is 0. The van der Waals surface area contributed by atoms with Gasteiger partial charge in [-0.25, -0.2) is 4.39 Å². The van der Waals surface area contributed by atoms with Gasteiger partial charge < -0.3 is 34.3 Å². The van der Waals surface area contributed by atoms with Crippen molar-refractivity contribution in [3.05, 3.63) is 59.4 Å². The van der Waals surface area contributed by atoms with Gasteiger partial charge in [0.1, 0.15) is 41.0 Å². The number of fused-ring (bicyclic) bond motifs is 1. The van der Waals surface area contributed by atoms with Gasteiger partial charge in [0.15, 0.2) is 12.0 Å². The molecule has 1 aromatic heterocycles. The Bertz CT molecular complexity index is 1160. The molecule has 3 aromatic rings. The number of alkyl halides is 1. The van der Waals surface area contributed by atoms with Crippen LogP contribution in [0.15, 0.2) is 47.1 Å². The summed E-state index contributed by atoms with van der Waals surface area (Å²) < 4.78 is 30.2. The fourth-order valence-electron chi connectivity index (χ4n) is 3.93. The lowest BCUT2D eigenvalue weighted by Crippen LogP contribution is -2.58. The lowest BCUT2D eigenvalue weighted by Gasteiger charge is -2.38. The normalized spacial score (nSPS) is 23.7. The smallest absolute Gasteiger partial charge is 0.229 e. The number of aliphatic hydroxyl groups excluding tert-OH is 3. The molecule has 8 nitrogen and oxygen atoms in total. The first-order valence-corrected chi connectivity index (χ1v) is 12.0. The van der Waals surface area contributed by atoms with Gasteiger partial charge in [0.05, 0.1) is 12.9 Å². The summed E-state index contributed by atoms with van der Waals surface area (Å²) in [5.74, 6) is -0.802. The Hall–Kier alpha value is -2.98. The largest absolute Gasteiger partial charge is 0.507 e. The van der Waals surface area contributed by atoms with E-state index >= 15 is 0 Å². The van der Waals surface area contributed by atoms with Crippen molar-refractivity contribution >= 4 is 16.8 Å². The Balaban J connectivity index is 0.00000115. The van der Waals surface area contributed by atoms with E-state index in [1.54, 1.807) is 13.2 Å². The zero-order valence-corrected chi connectivity index (χ0v) is 20.6. The molecule has 1 aliphatic rings. The SMILES string of the molecule is CCC.Cc1cc(O)c(C(=O)CCc2ccc3occc3c2)c(OC2OC(CO)C(F)C(O)C2O)c1. The average Bonchev–Trinajstić information content (AvgIpc) is 3.31. The van der Waals surface area contributed by atoms with E-state index < -0.39 is 43.2 Å². The van der Waals surface area contributed by atoms with E-state index in [9.17, 15) is 29.6 Å². The van der Waals surface area contributed by atoms with Gasteiger partial charge in [-0.2, -0.15) is 0 Å². The fraction of sp³-hybridized carbons (Fsp3) is 0.444. The average molecular weight is 505 g/mol. The molecule has 36 heavy (non-hydrogen) atoms. The number of ether oxygens (including phenoxy) is 2. The first-order chi connectivity index (χ1) is 17.2. The number of hydrogen-bond acceptors (Lipinski definition) is 8. The second kappa shape index (κ2) is 12.3. The van der Waals surface area contributed by atoms with Crippen molar-refractivity contribution in [1.82, 2.24) is 0 Å². The van der Waals surface area contributed by atoms with Crippen LogP contribution in [0.25, 0.3) is 11.0 Å². The molecule has 2 aromatic carbocycles. The van der Waals surface area contributed by atoms with Crippen LogP contribution in [0.1, 0.15) is 48.2 Å². The molecule has 9 heteroatoms. The number of halogens is 1. The van der Waals surface area contributed by atoms with Crippen LogP contribution in [0, 0.1) is 6.92 Å². The molecule has 5 unspecified atom stereocenters. The van der Waals surface area contributed by atoms with Crippen molar-refractivity contribution in [2.24, 2.45) is 0 Å². The summed E-state index contributed by atoms with van der Waals surface area (Å²) in [5.41, 5.74) is 2.10. The zero-order valence-electron chi connectivity index (χ0n) is 20.6. The molecule has 1 fully saturated rings. The van der Waals surface area contributed by atoms with Gasteiger partial charge in [-0.1, -0.05) is 26.3 Å². The number of benzene rings is 2. The molecule has 4 N–H and O–H groups in total. The highest BCUT2D eigenvalue weighted by Gasteiger charge is 2.46. The van der Waals surface area contributed by atoms with Gasteiger partial charge in [0.2, 0.25) is 6.29 Å². The molecule has 0 saturated carbocycles. The highest BCUT2D eigenvalue weighted by atomic mass is 19.1. The first kappa shape index (κ1) is 27.6. The zero-order chi connectivity index (χ0) is 26.4. The van der Waals surface area contributed by atoms with E-state index in [1.807, 2.05) is 24.3 Å². The number of phenols is 1. The van der Waals surface area contributed by atoms with Gasteiger partial charge in [-0.15, -0.1) is 0 Å². The Kier molecular flexibility index (Phi) is 9.44. The molecule has 0 aliphatic carbocycles. The number of ketones is 1. The summed E-state index contributed by atoms with van der Waals surface area (Å²) in [6, 6.07) is 10.3. The molecule has 0 spiro atoms. The molecule has 0 radical (unpaired) electrons. The van der Waals surface area contributed by atoms with Crippen LogP contribution in [0.3, 0.4) is 0 Å². The number of aliphatic hydroxyl groups is 3. The summed E-state index contributed by atoms with van der Waals surface area (Å²) in [6.45, 7) is 5.18. The van der Waals surface area contributed by atoms with Gasteiger partial charge >= 0.3 is 0 Å². The van der Waals surface area contributed by atoms with Crippen LogP contribution >= 0.6 is 0 Å². The lowest BCUT2D eigenvalue weighted by atomic mass is 9.98. The maximum Gasteiger partial charge on any atom is 0.229 e. The minimum absolute atomic E-state index is 0.0544. The molecule has 2 heterocycles. The van der Waals surface area contributed by atoms with E-state index in [0.29, 0.717) is 12.0 Å². The quantitative estimate of drug-likeness (QED) is 0.357. The molecule has 5 atom stereocenters. The summed E-state index contributed by atoms with van der Waals surface area (Å²) in [5, 5.41) is 40.8. The molecule has 4 rings (SSSR count). The number of carbonyl (C=O) groups is 1. The number of rotatable bonds is 7. The third kappa shape index (κ3) is 6.22. The van der Waals surface area contributed by atoms with E-state index in [2.05, 4.69) is 13.8 Å². The maximum atomic E-state index is 14.0. The van der Waals surface area contributed by atoms with Gasteiger partial charge in [-0.3, -0.25) is 4.79 Å². The molecule has 196 valence electrons. The monoisotopic (exact) mass is 504 g/mol. The van der Waals surface area contributed by atoms with Crippen molar-refractivity contribution in [2.45, 2.75) is 70.8 Å². The Morgan fingerprint density at radius 1 is 1.11 bits per heavy atom. The number of aromatic hydroxyl groups is 1. The van der Waals surface area contributed by atoms with Crippen LogP contribution in [-0.2, 0) is 11.2 Å². The van der Waals surface area contributed by atoms with Crippen molar-refractivity contribution in [1.29, 1.82) is 0 Å². The number of carbonyl (C=O) groups excluding carboxylic acids is 1. The predicted molar refractivity (Wildman–Crippen MR) is 131 cm³/mol. The van der Waals surface area contributed by atoms with Crippen LogP contribution in [0.2, 0.25) is 0 Å². The van der Waals surface area contributed by atoms with E-state index in [-0.39, 0.29) is 23.5 Å². The van der Waals surface area contributed by atoms with Gasteiger partial charge in [-0.05, 0) is 54.8 Å². The van der Waals surface area contributed by atoms with Gasteiger partial charge in [0.25, 0.3) is 0 Å². The Labute approximate surface area is 208 Å². The third-order valence-corrected chi connectivity index (χ3v) is 5.70. The number of hydrogen-bond donors (Lipinski definition) is 4. The number of aryl methyl sites for hydroxylation is 2. The number of phenolic OH excluding ortho intramolecular Hbond substituents is 1. The van der Waals surface area contributed by atoms with E-state index in [0.717, 1.165) is 16.5 Å². The minimum Gasteiger partial charge on any atom is -0.507 e. The highest BCUT2D eigenvalue weighted by Crippen LogP contribution is 2.34. The molecular formula is C27H33FO8. The summed E-state index contributed by atoms with van der Waals surface area (Å²) >= 11 is 0. The molecule has 0 amide bonds. The predicted octanol–water partition coefficient (Wildman–Crippen LogP) is 3.83. The topological polar surface area (TPSA) is 130 Å². The molecule has 1 saturated heterocycles. The standard InChI is InChI=1S/C24H25FO8.C3H8/c1-12-8-16(28)20(15(27)4-2-13-3-5-17-14(10-13)6-7-31-17)18(9-12)32-24-23(30)22(29)21(25)19(11-26)33-24;1-3-2/h3,5-10,19,21-24,26,28-30H,2,4,11H2,1H3;3H2,1-2H3. The fourth-order valence-corrected chi connectivity index (χ4v) is 3.93. The van der Waals surface area contributed by atoms with Crippen molar-refractivity contribution < 1.29 is 43.5 Å². The van der Waals surface area contributed by atoms with Gasteiger partial charge in [0, 0.05) is 11.8 Å². The van der Waals surface area contributed by atoms with E-state index in [1.165, 1.54) is 18.6 Å². The van der Waals surface area contributed by atoms with Crippen molar-refractivity contribution in [2.75, 3.05) is 6.61 Å². The number of furan rings is 1. The van der Waals surface area contributed by atoms with Crippen LogP contribution in [-0.4, -0.2) is 63.6 Å². The summed E-state index contributed by atoms with van der Waals surface area (Å²) in [4.78, 5) is 13.0. The lowest BCUT2D eigenvalue weighted by molar-refractivity contribution is -0.265. The number of Topliss-reactive ketones (excluding diaryl/α,β-unsaturated/α-hetero) is 1. The van der Waals surface area contributed by atoms with E-state index in [4.69, 9.17) is 13.9 Å². The van der Waals surface area contributed by atoms with Crippen molar-refractivity contribution in [3.63, 3.8) is 0 Å².